The third kappa shape index (κ3) is 5.30. The van der Waals surface area contributed by atoms with Crippen LogP contribution in [0, 0.1) is 13.8 Å². The Bertz CT molecular complexity index is 1390. The molecule has 0 aliphatic rings. The van der Waals surface area contributed by atoms with E-state index in [1.54, 1.807) is 24.4 Å². The molecule has 0 saturated carbocycles. The SMILES string of the molecule is [2H]c1cc2cc(NC(=O)[C@H](CN)c3ccc(COC(=O)c4ccc(C)cc4C)cc3)ccc2cn1. The maximum absolute atomic E-state index is 12.9. The van der Waals surface area contributed by atoms with E-state index in [2.05, 4.69) is 10.3 Å². The number of benzene rings is 3. The number of aryl methyl sites for hydroxylation is 2. The molecule has 1 amide bonds. The van der Waals surface area contributed by atoms with Crippen molar-refractivity contribution < 1.29 is 15.7 Å². The first kappa shape index (κ1) is 21.8. The summed E-state index contributed by atoms with van der Waals surface area (Å²) in [5.41, 5.74) is 10.7. The number of esters is 1. The van der Waals surface area contributed by atoms with Gasteiger partial charge in [-0.15, -0.1) is 0 Å². The average Bonchev–Trinajstić information content (AvgIpc) is 2.83. The van der Waals surface area contributed by atoms with Crippen LogP contribution in [0.5, 0.6) is 0 Å². The average molecular weight is 455 g/mol. The van der Waals surface area contributed by atoms with E-state index in [4.69, 9.17) is 11.8 Å². The second-order valence-corrected chi connectivity index (χ2v) is 8.29. The second-order valence-electron chi connectivity index (χ2n) is 8.29. The Morgan fingerprint density at radius 1 is 1.03 bits per heavy atom. The van der Waals surface area contributed by atoms with Crippen LogP contribution in [-0.2, 0) is 16.1 Å². The van der Waals surface area contributed by atoms with Gasteiger partial charge >= 0.3 is 5.97 Å². The molecule has 0 saturated heterocycles. The van der Waals surface area contributed by atoms with Crippen molar-refractivity contribution in [3.63, 3.8) is 0 Å². The topological polar surface area (TPSA) is 94.3 Å². The van der Waals surface area contributed by atoms with Gasteiger partial charge in [0, 0.05) is 30.0 Å². The van der Waals surface area contributed by atoms with Gasteiger partial charge in [-0.3, -0.25) is 9.78 Å². The molecular weight excluding hydrogens is 426 g/mol. The summed E-state index contributed by atoms with van der Waals surface area (Å²) in [6.07, 6.45) is 1.80. The molecule has 0 aliphatic carbocycles. The lowest BCUT2D eigenvalue weighted by molar-refractivity contribution is -0.117. The maximum atomic E-state index is 12.9. The number of carbonyl (C=O) groups is 2. The molecule has 4 rings (SSSR count). The quantitative estimate of drug-likeness (QED) is 0.388. The Labute approximate surface area is 200 Å². The first-order chi connectivity index (χ1) is 16.8. The van der Waals surface area contributed by atoms with Gasteiger partial charge in [0.25, 0.3) is 0 Å². The Hall–Kier alpha value is -4.03. The molecule has 3 N–H and O–H groups in total. The van der Waals surface area contributed by atoms with Crippen LogP contribution in [0.1, 0.15) is 39.9 Å². The van der Waals surface area contributed by atoms with Gasteiger partial charge in [0.1, 0.15) is 6.61 Å². The second kappa shape index (κ2) is 10.3. The van der Waals surface area contributed by atoms with E-state index in [0.29, 0.717) is 11.3 Å². The maximum Gasteiger partial charge on any atom is 0.338 e. The van der Waals surface area contributed by atoms with Crippen molar-refractivity contribution in [2.75, 3.05) is 11.9 Å². The van der Waals surface area contributed by atoms with Crippen LogP contribution in [0.2, 0.25) is 0 Å². The Morgan fingerprint density at radius 2 is 1.82 bits per heavy atom. The lowest BCUT2D eigenvalue weighted by Crippen LogP contribution is -2.27. The van der Waals surface area contributed by atoms with Crippen LogP contribution in [0.4, 0.5) is 5.69 Å². The molecule has 0 unspecified atom stereocenters. The van der Waals surface area contributed by atoms with Gasteiger partial charge < -0.3 is 15.8 Å². The molecule has 1 atom stereocenters. The molecule has 1 aromatic heterocycles. The van der Waals surface area contributed by atoms with Crippen LogP contribution in [0.25, 0.3) is 10.8 Å². The largest absolute Gasteiger partial charge is 0.457 e. The van der Waals surface area contributed by atoms with E-state index < -0.39 is 5.92 Å². The molecular formula is C28H27N3O3. The fraction of sp³-hybridized carbons (Fsp3) is 0.179. The third-order valence-electron chi connectivity index (χ3n) is 5.76. The summed E-state index contributed by atoms with van der Waals surface area (Å²) in [6, 6.07) is 20.0. The Kier molecular flexibility index (Phi) is 6.59. The molecule has 0 radical (unpaired) electrons. The molecule has 0 aliphatic heterocycles. The van der Waals surface area contributed by atoms with Gasteiger partial charge in [-0.2, -0.15) is 0 Å². The zero-order chi connectivity index (χ0) is 24.9. The van der Waals surface area contributed by atoms with Crippen molar-refractivity contribution in [3.05, 3.63) is 107 Å². The van der Waals surface area contributed by atoms with Crippen molar-refractivity contribution in [3.8, 4) is 0 Å². The first-order valence-electron chi connectivity index (χ1n) is 11.5. The molecule has 1 heterocycles. The number of anilines is 1. The molecule has 3 aromatic carbocycles. The minimum atomic E-state index is -0.540. The van der Waals surface area contributed by atoms with Crippen LogP contribution >= 0.6 is 0 Å². The number of rotatable bonds is 7. The van der Waals surface area contributed by atoms with Gasteiger partial charge in [0.15, 0.2) is 0 Å². The van der Waals surface area contributed by atoms with Gasteiger partial charge in [0.2, 0.25) is 5.91 Å². The van der Waals surface area contributed by atoms with E-state index in [-0.39, 0.29) is 31.2 Å². The lowest BCUT2D eigenvalue weighted by Gasteiger charge is -2.16. The minimum absolute atomic E-state index is 0.135. The molecule has 0 bridgehead atoms. The standard InChI is InChI=1S/C28H27N3O3/c1-18-3-10-25(19(2)13-18)28(33)34-17-20-4-6-21(7-5-20)26(15-29)27(32)31-24-9-8-23-16-30-12-11-22(23)14-24/h3-14,16,26H,15,17,29H2,1-2H3,(H,31,32)/t26-/m1/s1/i12D. The Morgan fingerprint density at radius 3 is 2.56 bits per heavy atom. The van der Waals surface area contributed by atoms with Crippen LogP contribution < -0.4 is 11.1 Å². The smallest absolute Gasteiger partial charge is 0.338 e. The predicted molar refractivity (Wildman–Crippen MR) is 134 cm³/mol. The fourth-order valence-electron chi connectivity index (χ4n) is 3.85. The number of nitrogens with one attached hydrogen (secondary N) is 1. The van der Waals surface area contributed by atoms with Crippen LogP contribution in [0.15, 0.2) is 79.1 Å². The molecule has 0 fully saturated rings. The lowest BCUT2D eigenvalue weighted by atomic mass is 9.97. The molecule has 4 aromatic rings. The van der Waals surface area contributed by atoms with E-state index in [9.17, 15) is 9.59 Å². The van der Waals surface area contributed by atoms with Crippen LogP contribution in [-0.4, -0.2) is 23.4 Å². The summed E-state index contributed by atoms with van der Waals surface area (Å²) < 4.78 is 13.2. The van der Waals surface area contributed by atoms with Gasteiger partial charge in [-0.1, -0.05) is 48.0 Å². The Balaban J connectivity index is 1.40. The summed E-state index contributed by atoms with van der Waals surface area (Å²) in [5.74, 6) is -1.13. The van der Waals surface area contributed by atoms with Crippen molar-refractivity contribution in [2.45, 2.75) is 26.4 Å². The number of fused-ring (bicyclic) bond motifs is 1. The van der Waals surface area contributed by atoms with Gasteiger partial charge in [-0.25, -0.2) is 4.79 Å². The normalized spacial score (nSPS) is 12.1. The molecule has 34 heavy (non-hydrogen) atoms. The number of nitrogens with zero attached hydrogens (tertiary/aromatic N) is 1. The summed E-state index contributed by atoms with van der Waals surface area (Å²) in [5, 5.41) is 4.63. The summed E-state index contributed by atoms with van der Waals surface area (Å²) in [4.78, 5) is 29.3. The third-order valence-corrected chi connectivity index (χ3v) is 5.76. The number of carbonyl (C=O) groups excluding carboxylic acids is 2. The fourth-order valence-corrected chi connectivity index (χ4v) is 3.85. The number of amides is 1. The minimum Gasteiger partial charge on any atom is -0.457 e. The highest BCUT2D eigenvalue weighted by atomic mass is 16.5. The molecule has 172 valence electrons. The highest BCUT2D eigenvalue weighted by Crippen LogP contribution is 2.22. The number of nitrogens with two attached hydrogens (primary N) is 1. The predicted octanol–water partition coefficient (Wildman–Crippen LogP) is 4.89. The van der Waals surface area contributed by atoms with Crippen molar-refractivity contribution in [1.29, 1.82) is 0 Å². The van der Waals surface area contributed by atoms with Crippen LogP contribution in [0.3, 0.4) is 0 Å². The zero-order valence-corrected chi connectivity index (χ0v) is 19.2. The molecule has 0 spiro atoms. The zero-order valence-electron chi connectivity index (χ0n) is 20.2. The van der Waals surface area contributed by atoms with Crippen molar-refractivity contribution in [2.24, 2.45) is 5.73 Å². The highest BCUT2D eigenvalue weighted by Gasteiger charge is 2.19. The number of hydrogen-bond acceptors (Lipinski definition) is 5. The number of aromatic nitrogens is 1. The first-order valence-corrected chi connectivity index (χ1v) is 11.0. The number of hydrogen-bond donors (Lipinski definition) is 2. The number of ether oxygens (including phenoxy) is 1. The van der Waals surface area contributed by atoms with Gasteiger partial charge in [-0.05, 0) is 60.2 Å². The van der Waals surface area contributed by atoms with Crippen molar-refractivity contribution in [1.82, 2.24) is 4.98 Å². The van der Waals surface area contributed by atoms with E-state index in [1.165, 1.54) is 0 Å². The highest BCUT2D eigenvalue weighted by molar-refractivity contribution is 5.98. The van der Waals surface area contributed by atoms with E-state index in [1.807, 2.05) is 62.4 Å². The van der Waals surface area contributed by atoms with E-state index in [0.717, 1.165) is 33.0 Å². The molecule has 6 nitrogen and oxygen atoms in total. The monoisotopic (exact) mass is 454 g/mol. The summed E-state index contributed by atoms with van der Waals surface area (Å²) >= 11 is 0. The summed E-state index contributed by atoms with van der Waals surface area (Å²) in [7, 11) is 0. The van der Waals surface area contributed by atoms with Crippen molar-refractivity contribution >= 4 is 28.3 Å². The van der Waals surface area contributed by atoms with Gasteiger partial charge in [0.05, 0.1) is 12.9 Å². The molecule has 6 heteroatoms. The number of pyridine rings is 1. The van der Waals surface area contributed by atoms with E-state index >= 15 is 0 Å². The summed E-state index contributed by atoms with van der Waals surface area (Å²) in [6.45, 7) is 4.14.